The average Bonchev–Trinajstić information content (AvgIpc) is 2.99. The summed E-state index contributed by atoms with van der Waals surface area (Å²) in [6, 6.07) is 14.3. The Balaban J connectivity index is 1.70. The summed E-state index contributed by atoms with van der Waals surface area (Å²) in [6.45, 7) is 0.570. The van der Waals surface area contributed by atoms with Crippen molar-refractivity contribution in [3.63, 3.8) is 0 Å². The zero-order valence-corrected chi connectivity index (χ0v) is 13.6. The molecule has 0 saturated heterocycles. The Morgan fingerprint density at radius 3 is 2.61 bits per heavy atom. The minimum atomic E-state index is -0.295. The summed E-state index contributed by atoms with van der Waals surface area (Å²) < 4.78 is 16.0. The summed E-state index contributed by atoms with van der Waals surface area (Å²) in [7, 11) is 0. The summed E-state index contributed by atoms with van der Waals surface area (Å²) in [5.74, 6) is 1.01. The number of fused-ring (bicyclic) bond motifs is 1. The maximum Gasteiger partial charge on any atom is 0.194 e. The van der Waals surface area contributed by atoms with Gasteiger partial charge in [-0.25, -0.2) is 4.39 Å². The van der Waals surface area contributed by atoms with Crippen LogP contribution in [0.1, 0.15) is 0 Å². The molecule has 1 aromatic heterocycles. The van der Waals surface area contributed by atoms with E-state index in [0.29, 0.717) is 23.1 Å². The highest BCUT2D eigenvalue weighted by atomic mass is 35.5. The first-order valence-electron chi connectivity index (χ1n) is 7.04. The number of nitrogens with zero attached hydrogens (tertiary/aromatic N) is 4. The fraction of sp³-hybridized carbons (Fsp3) is 0.125. The first kappa shape index (κ1) is 14.5. The van der Waals surface area contributed by atoms with Crippen LogP contribution in [0.5, 0.6) is 0 Å². The van der Waals surface area contributed by atoms with Gasteiger partial charge in [0, 0.05) is 10.7 Å². The van der Waals surface area contributed by atoms with Gasteiger partial charge in [-0.15, -0.1) is 10.2 Å². The van der Waals surface area contributed by atoms with Crippen LogP contribution in [0, 0.1) is 5.82 Å². The van der Waals surface area contributed by atoms with Crippen molar-refractivity contribution < 1.29 is 4.39 Å². The molecule has 0 spiro atoms. The number of thioether (sulfide) groups is 1. The second-order valence-corrected chi connectivity index (χ2v) is 6.49. The van der Waals surface area contributed by atoms with Gasteiger partial charge in [-0.05, 0) is 36.4 Å². The highest BCUT2D eigenvalue weighted by Crippen LogP contribution is 2.32. The third-order valence-electron chi connectivity index (χ3n) is 3.68. The van der Waals surface area contributed by atoms with E-state index in [-0.39, 0.29) is 5.82 Å². The Bertz CT molecular complexity index is 850. The molecular weight excluding hydrogens is 335 g/mol. The maximum atomic E-state index is 14.1. The van der Waals surface area contributed by atoms with E-state index < -0.39 is 0 Å². The van der Waals surface area contributed by atoms with Crippen molar-refractivity contribution >= 4 is 29.1 Å². The highest BCUT2D eigenvalue weighted by molar-refractivity contribution is 7.99. The lowest BCUT2D eigenvalue weighted by molar-refractivity contribution is 0.599. The zero-order valence-electron chi connectivity index (χ0n) is 12.0. The predicted octanol–water partition coefficient (Wildman–Crippen LogP) is 4.26. The van der Waals surface area contributed by atoms with Crippen LogP contribution >= 0.6 is 23.4 Å². The first-order chi connectivity index (χ1) is 11.2. The minimum absolute atomic E-state index is 0.295. The molecular formula is C16H12ClFN4S. The van der Waals surface area contributed by atoms with Crippen LogP contribution in [0.2, 0.25) is 5.02 Å². The van der Waals surface area contributed by atoms with E-state index >= 15 is 0 Å². The van der Waals surface area contributed by atoms with Crippen LogP contribution < -0.4 is 4.90 Å². The maximum absolute atomic E-state index is 14.1. The number of aromatic nitrogens is 3. The molecule has 0 amide bonds. The summed E-state index contributed by atoms with van der Waals surface area (Å²) in [6.07, 6.45) is 0. The molecule has 0 N–H and O–H groups in total. The first-order valence-corrected chi connectivity index (χ1v) is 8.40. The Hall–Kier alpha value is -2.05. The van der Waals surface area contributed by atoms with Gasteiger partial charge in [-0.2, -0.15) is 0 Å². The van der Waals surface area contributed by atoms with Crippen LogP contribution in [0.3, 0.4) is 0 Å². The fourth-order valence-electron chi connectivity index (χ4n) is 2.52. The van der Waals surface area contributed by atoms with Crippen LogP contribution in [-0.4, -0.2) is 20.6 Å². The molecule has 4 nitrogen and oxygen atoms in total. The lowest BCUT2D eigenvalue weighted by Crippen LogP contribution is -2.30. The molecule has 0 unspecified atom stereocenters. The van der Waals surface area contributed by atoms with Crippen LogP contribution in [0.15, 0.2) is 53.7 Å². The largest absolute Gasteiger partial charge is 0.344 e. The molecule has 116 valence electrons. The summed E-state index contributed by atoms with van der Waals surface area (Å²) in [5, 5.41) is 9.86. The third-order valence-corrected chi connectivity index (χ3v) is 4.94. The van der Waals surface area contributed by atoms with Crippen molar-refractivity contribution in [2.75, 3.05) is 10.8 Å². The number of anilines is 1. The van der Waals surface area contributed by atoms with Crippen LogP contribution in [0.4, 0.5) is 10.1 Å². The molecule has 1 aliphatic rings. The summed E-state index contributed by atoms with van der Waals surface area (Å²) >= 11 is 7.52. The molecule has 3 aromatic rings. The van der Waals surface area contributed by atoms with Gasteiger partial charge in [0.25, 0.3) is 0 Å². The second-order valence-electron chi connectivity index (χ2n) is 5.15. The van der Waals surface area contributed by atoms with E-state index in [9.17, 15) is 4.39 Å². The van der Waals surface area contributed by atoms with E-state index in [0.717, 1.165) is 16.7 Å². The van der Waals surface area contributed by atoms with Gasteiger partial charge in [0.05, 0.1) is 18.1 Å². The molecule has 7 heteroatoms. The molecule has 0 aliphatic carbocycles. The van der Waals surface area contributed by atoms with Gasteiger partial charge in [0.15, 0.2) is 11.0 Å². The topological polar surface area (TPSA) is 34.0 Å². The van der Waals surface area contributed by atoms with Gasteiger partial charge in [-0.1, -0.05) is 35.5 Å². The lowest BCUT2D eigenvalue weighted by atomic mass is 10.2. The lowest BCUT2D eigenvalue weighted by Gasteiger charge is -2.29. The molecule has 0 atom stereocenters. The van der Waals surface area contributed by atoms with Gasteiger partial charge >= 0.3 is 0 Å². The summed E-state index contributed by atoms with van der Waals surface area (Å²) in [4.78, 5) is 2.17. The van der Waals surface area contributed by atoms with E-state index in [1.54, 1.807) is 30.0 Å². The molecule has 2 heterocycles. The van der Waals surface area contributed by atoms with Gasteiger partial charge < -0.3 is 4.90 Å². The van der Waals surface area contributed by atoms with Crippen molar-refractivity contribution in [2.24, 2.45) is 0 Å². The quantitative estimate of drug-likeness (QED) is 0.694. The number of rotatable bonds is 2. The van der Waals surface area contributed by atoms with Crippen molar-refractivity contribution in [3.8, 4) is 11.4 Å². The van der Waals surface area contributed by atoms with E-state index in [4.69, 9.17) is 11.6 Å². The Labute approximate surface area is 141 Å². The number of hydrogen-bond donors (Lipinski definition) is 0. The molecule has 0 fully saturated rings. The smallest absolute Gasteiger partial charge is 0.194 e. The second kappa shape index (κ2) is 5.86. The number of halogens is 2. The Morgan fingerprint density at radius 1 is 1.04 bits per heavy atom. The zero-order chi connectivity index (χ0) is 15.8. The number of hydrogen-bond acceptors (Lipinski definition) is 4. The van der Waals surface area contributed by atoms with Crippen LogP contribution in [-0.2, 0) is 6.67 Å². The van der Waals surface area contributed by atoms with Gasteiger partial charge in [0.1, 0.15) is 5.82 Å². The van der Waals surface area contributed by atoms with Crippen molar-refractivity contribution in [1.29, 1.82) is 0 Å². The molecule has 0 bridgehead atoms. The number of benzene rings is 2. The van der Waals surface area contributed by atoms with Crippen molar-refractivity contribution in [2.45, 2.75) is 11.8 Å². The van der Waals surface area contributed by atoms with Gasteiger partial charge in [-0.3, -0.25) is 4.57 Å². The highest BCUT2D eigenvalue weighted by Gasteiger charge is 2.23. The monoisotopic (exact) mass is 346 g/mol. The molecule has 23 heavy (non-hydrogen) atoms. The molecule has 1 aliphatic heterocycles. The van der Waals surface area contributed by atoms with E-state index in [1.165, 1.54) is 6.07 Å². The Kier molecular flexibility index (Phi) is 3.71. The molecule has 4 rings (SSSR count). The summed E-state index contributed by atoms with van der Waals surface area (Å²) in [5.41, 5.74) is 1.52. The molecule has 0 saturated carbocycles. The minimum Gasteiger partial charge on any atom is -0.344 e. The van der Waals surface area contributed by atoms with Crippen molar-refractivity contribution in [1.82, 2.24) is 14.8 Å². The average molecular weight is 347 g/mol. The third kappa shape index (κ3) is 2.68. The van der Waals surface area contributed by atoms with Crippen molar-refractivity contribution in [3.05, 3.63) is 59.4 Å². The fourth-order valence-corrected chi connectivity index (χ4v) is 3.55. The van der Waals surface area contributed by atoms with Gasteiger partial charge in [0.2, 0.25) is 0 Å². The van der Waals surface area contributed by atoms with E-state index in [2.05, 4.69) is 15.1 Å². The SMILES string of the molecule is Fc1ccccc1-c1nnc2n1CN(c1ccc(Cl)cc1)CS2. The molecule has 2 aromatic carbocycles. The normalized spacial score (nSPS) is 13.9. The Morgan fingerprint density at radius 2 is 1.83 bits per heavy atom. The van der Waals surface area contributed by atoms with E-state index in [1.807, 2.05) is 28.8 Å². The predicted molar refractivity (Wildman–Crippen MR) is 90.1 cm³/mol. The van der Waals surface area contributed by atoms with Crippen LogP contribution in [0.25, 0.3) is 11.4 Å². The standard InChI is InChI=1S/C16H12ClFN4S/c17-11-5-7-12(8-6-11)21-9-22-15(19-20-16(22)23-10-21)13-3-1-2-4-14(13)18/h1-8H,9-10H2. The molecule has 0 radical (unpaired) electrons.